The fraction of sp³-hybridized carbons (Fsp3) is 0.316. The van der Waals surface area contributed by atoms with E-state index in [0.717, 1.165) is 36.7 Å². The maximum Gasteiger partial charge on any atom is 0.200 e. The Morgan fingerprint density at radius 3 is 2.91 bits per heavy atom. The Kier molecular flexibility index (Phi) is 3.54. The van der Waals surface area contributed by atoms with E-state index in [1.807, 2.05) is 36.4 Å². The summed E-state index contributed by atoms with van der Waals surface area (Å²) < 4.78 is 6.13. The van der Waals surface area contributed by atoms with Gasteiger partial charge < -0.3 is 14.4 Å². The molecule has 118 valence electrons. The van der Waals surface area contributed by atoms with Crippen molar-refractivity contribution in [2.24, 2.45) is 5.92 Å². The molecular formula is C19H19NO3. The van der Waals surface area contributed by atoms with Crippen molar-refractivity contribution in [3.8, 4) is 0 Å². The van der Waals surface area contributed by atoms with Gasteiger partial charge in [0.05, 0.1) is 5.39 Å². The summed E-state index contributed by atoms with van der Waals surface area (Å²) in [5, 5.41) is 12.0. The summed E-state index contributed by atoms with van der Waals surface area (Å²) in [5.41, 5.74) is 0.634. The number of fused-ring (bicyclic) bond motifs is 3. The Morgan fingerprint density at radius 1 is 1.17 bits per heavy atom. The largest absolute Gasteiger partial charge is 0.440 e. The number of aliphatic hydroxyl groups excluding tert-OH is 1. The van der Waals surface area contributed by atoms with Gasteiger partial charge in [0.25, 0.3) is 0 Å². The fourth-order valence-corrected chi connectivity index (χ4v) is 3.44. The molecule has 4 heteroatoms. The van der Waals surface area contributed by atoms with Gasteiger partial charge in [0.1, 0.15) is 5.58 Å². The van der Waals surface area contributed by atoms with Gasteiger partial charge in [-0.1, -0.05) is 30.3 Å². The lowest BCUT2D eigenvalue weighted by Gasteiger charge is -2.32. The second kappa shape index (κ2) is 5.70. The van der Waals surface area contributed by atoms with Crippen LogP contribution in [0.25, 0.3) is 21.7 Å². The molecule has 1 N–H and O–H groups in total. The number of piperidine rings is 1. The smallest absolute Gasteiger partial charge is 0.200 e. The van der Waals surface area contributed by atoms with Gasteiger partial charge in [-0.05, 0) is 30.2 Å². The third kappa shape index (κ3) is 2.49. The molecule has 4 rings (SSSR count). The first-order valence-corrected chi connectivity index (χ1v) is 8.07. The highest BCUT2D eigenvalue weighted by molar-refractivity contribution is 6.04. The molecular weight excluding hydrogens is 290 g/mol. The molecule has 1 saturated heterocycles. The minimum absolute atomic E-state index is 0.0156. The number of benzene rings is 2. The predicted molar refractivity (Wildman–Crippen MR) is 92.0 cm³/mol. The van der Waals surface area contributed by atoms with Crippen molar-refractivity contribution in [1.29, 1.82) is 0 Å². The lowest BCUT2D eigenvalue weighted by molar-refractivity contribution is 0.207. The van der Waals surface area contributed by atoms with Crippen molar-refractivity contribution in [2.45, 2.75) is 12.8 Å². The number of rotatable bonds is 2. The molecule has 0 aliphatic carbocycles. The maximum atomic E-state index is 12.5. The van der Waals surface area contributed by atoms with Crippen LogP contribution in [0.5, 0.6) is 0 Å². The third-order valence-electron chi connectivity index (χ3n) is 4.70. The Bertz CT molecular complexity index is 915. The summed E-state index contributed by atoms with van der Waals surface area (Å²) in [6.45, 7) is 1.77. The highest BCUT2D eigenvalue weighted by Gasteiger charge is 2.22. The van der Waals surface area contributed by atoms with Crippen molar-refractivity contribution < 1.29 is 9.52 Å². The zero-order chi connectivity index (χ0) is 15.8. The number of aliphatic hydroxyl groups is 1. The first kappa shape index (κ1) is 14.3. The third-order valence-corrected chi connectivity index (χ3v) is 4.70. The van der Waals surface area contributed by atoms with Crippen LogP contribution in [0.2, 0.25) is 0 Å². The van der Waals surface area contributed by atoms with E-state index in [4.69, 9.17) is 4.42 Å². The molecule has 1 unspecified atom stereocenters. The van der Waals surface area contributed by atoms with Gasteiger partial charge in [-0.15, -0.1) is 0 Å². The first-order chi connectivity index (χ1) is 11.3. The molecule has 23 heavy (non-hydrogen) atoms. The molecule has 1 aromatic heterocycles. The van der Waals surface area contributed by atoms with E-state index in [2.05, 4.69) is 4.90 Å². The summed E-state index contributed by atoms with van der Waals surface area (Å²) in [6, 6.07) is 13.3. The lowest BCUT2D eigenvalue weighted by Crippen LogP contribution is -2.37. The Labute approximate surface area is 133 Å². The monoisotopic (exact) mass is 309 g/mol. The summed E-state index contributed by atoms with van der Waals surface area (Å²) in [6.07, 6.45) is 2.02. The molecule has 2 heterocycles. The van der Waals surface area contributed by atoms with E-state index in [-0.39, 0.29) is 18.0 Å². The molecule has 3 aromatic rings. The van der Waals surface area contributed by atoms with Crippen LogP contribution in [-0.4, -0.2) is 24.8 Å². The van der Waals surface area contributed by atoms with Crippen LogP contribution in [0.15, 0.2) is 51.7 Å². The van der Waals surface area contributed by atoms with Crippen LogP contribution in [0.4, 0.5) is 5.88 Å². The lowest BCUT2D eigenvalue weighted by atomic mass is 9.99. The first-order valence-electron chi connectivity index (χ1n) is 8.07. The van der Waals surface area contributed by atoms with Crippen molar-refractivity contribution >= 4 is 27.6 Å². The van der Waals surface area contributed by atoms with Crippen LogP contribution in [-0.2, 0) is 0 Å². The Balaban J connectivity index is 1.88. The van der Waals surface area contributed by atoms with Gasteiger partial charge in [-0.3, -0.25) is 4.79 Å². The van der Waals surface area contributed by atoms with E-state index in [0.29, 0.717) is 16.9 Å². The Hall–Kier alpha value is -2.33. The average Bonchev–Trinajstić information content (AvgIpc) is 2.61. The number of anilines is 1. The summed E-state index contributed by atoms with van der Waals surface area (Å²) in [7, 11) is 0. The Morgan fingerprint density at radius 2 is 2.04 bits per heavy atom. The zero-order valence-corrected chi connectivity index (χ0v) is 12.9. The van der Waals surface area contributed by atoms with E-state index >= 15 is 0 Å². The molecule has 1 aliphatic heterocycles. The normalized spacial score (nSPS) is 18.7. The van der Waals surface area contributed by atoms with Gasteiger partial charge in [0, 0.05) is 31.1 Å². The van der Waals surface area contributed by atoms with Crippen LogP contribution in [0.1, 0.15) is 12.8 Å². The molecule has 0 bridgehead atoms. The molecule has 0 radical (unpaired) electrons. The summed E-state index contributed by atoms with van der Waals surface area (Å²) >= 11 is 0. The van der Waals surface area contributed by atoms with E-state index < -0.39 is 0 Å². The van der Waals surface area contributed by atoms with Gasteiger partial charge in [0.15, 0.2) is 11.3 Å². The molecule has 2 aromatic carbocycles. The van der Waals surface area contributed by atoms with Gasteiger partial charge in [-0.25, -0.2) is 0 Å². The average molecular weight is 309 g/mol. The van der Waals surface area contributed by atoms with Crippen molar-refractivity contribution in [2.75, 3.05) is 24.6 Å². The predicted octanol–water partition coefficient (Wildman–Crippen LogP) is 3.15. The van der Waals surface area contributed by atoms with Crippen molar-refractivity contribution in [1.82, 2.24) is 0 Å². The van der Waals surface area contributed by atoms with E-state index in [1.165, 1.54) is 0 Å². The van der Waals surface area contributed by atoms with Crippen molar-refractivity contribution in [3.63, 3.8) is 0 Å². The molecule has 1 aliphatic rings. The quantitative estimate of drug-likeness (QED) is 0.739. The topological polar surface area (TPSA) is 53.7 Å². The van der Waals surface area contributed by atoms with E-state index in [9.17, 15) is 9.90 Å². The van der Waals surface area contributed by atoms with Crippen LogP contribution in [0.3, 0.4) is 0 Å². The van der Waals surface area contributed by atoms with Gasteiger partial charge in [-0.2, -0.15) is 0 Å². The molecule has 1 atom stereocenters. The molecule has 0 amide bonds. The van der Waals surface area contributed by atoms with Crippen LogP contribution in [0, 0.1) is 5.92 Å². The molecule has 0 saturated carbocycles. The van der Waals surface area contributed by atoms with Gasteiger partial charge in [0.2, 0.25) is 0 Å². The molecule has 4 nitrogen and oxygen atoms in total. The van der Waals surface area contributed by atoms with Crippen LogP contribution < -0.4 is 10.3 Å². The molecule has 0 spiro atoms. The number of hydrogen-bond acceptors (Lipinski definition) is 4. The summed E-state index contributed by atoms with van der Waals surface area (Å²) in [4.78, 5) is 14.6. The minimum atomic E-state index is -0.0156. The van der Waals surface area contributed by atoms with Gasteiger partial charge >= 0.3 is 0 Å². The SMILES string of the molecule is O=c1cc(N2CCCC(CO)C2)oc2c1ccc1ccccc12. The second-order valence-electron chi connectivity index (χ2n) is 6.25. The van der Waals surface area contributed by atoms with Crippen LogP contribution >= 0.6 is 0 Å². The van der Waals surface area contributed by atoms with Crippen molar-refractivity contribution in [3.05, 3.63) is 52.7 Å². The highest BCUT2D eigenvalue weighted by Crippen LogP contribution is 2.29. The van der Waals surface area contributed by atoms with E-state index in [1.54, 1.807) is 6.07 Å². The fourth-order valence-electron chi connectivity index (χ4n) is 3.44. The number of hydrogen-bond donors (Lipinski definition) is 1. The highest BCUT2D eigenvalue weighted by atomic mass is 16.4. The molecule has 1 fully saturated rings. The number of nitrogens with zero attached hydrogens (tertiary/aromatic N) is 1. The maximum absolute atomic E-state index is 12.5. The second-order valence-corrected chi connectivity index (χ2v) is 6.25. The minimum Gasteiger partial charge on any atom is -0.440 e. The summed E-state index contributed by atoms with van der Waals surface area (Å²) in [5.74, 6) is 0.856. The standard InChI is InChI=1S/C19H19NO3/c21-12-13-4-3-9-20(11-13)18-10-17(22)16-8-7-14-5-1-2-6-15(14)19(16)23-18/h1-2,5-8,10,13,21H,3-4,9,11-12H2. The zero-order valence-electron chi connectivity index (χ0n) is 12.9.